The minimum Gasteiger partial charge on any atom is -0.450 e. The van der Waals surface area contributed by atoms with E-state index in [-0.39, 0.29) is 13.2 Å². The van der Waals surface area contributed by atoms with E-state index in [1.54, 1.807) is 20.9 Å². The molecule has 2 aromatic rings. The van der Waals surface area contributed by atoms with Gasteiger partial charge in [0.25, 0.3) is 0 Å². The second kappa shape index (κ2) is 10.1. The van der Waals surface area contributed by atoms with Crippen LogP contribution < -0.4 is 5.32 Å². The van der Waals surface area contributed by atoms with Crippen LogP contribution in [0.5, 0.6) is 0 Å². The molecule has 1 aromatic heterocycles. The SMILES string of the molecule is CCOC(=O)N(C)[C@@H]1CN(C(=O)NC(C)c2cnc(C(F)(F)F)nc2)N=C1c1ccc(C)cc1. The van der Waals surface area contributed by atoms with Gasteiger partial charge < -0.3 is 15.0 Å². The molecule has 1 N–H and O–H groups in total. The molecule has 0 saturated heterocycles. The van der Waals surface area contributed by atoms with Crippen LogP contribution in [0.25, 0.3) is 0 Å². The van der Waals surface area contributed by atoms with Crippen LogP contribution >= 0.6 is 0 Å². The lowest BCUT2D eigenvalue weighted by molar-refractivity contribution is -0.145. The van der Waals surface area contributed by atoms with Crippen molar-refractivity contribution in [3.63, 3.8) is 0 Å². The lowest BCUT2D eigenvalue weighted by Gasteiger charge is -2.25. The number of amides is 3. The molecule has 0 spiro atoms. The fourth-order valence-electron chi connectivity index (χ4n) is 3.30. The van der Waals surface area contributed by atoms with E-state index in [4.69, 9.17) is 4.74 Å². The number of aromatic nitrogens is 2. The number of urea groups is 1. The summed E-state index contributed by atoms with van der Waals surface area (Å²) < 4.78 is 43.2. The standard InChI is InChI=1S/C22H25F3N6O3/c1-5-34-21(33)30(4)17-12-31(29-18(17)15-8-6-13(2)7-9-15)20(32)28-14(3)16-10-26-19(27-11-16)22(23,24)25/h6-11,14,17H,5,12H2,1-4H3,(H,28,32)/t14?,17-/m1/s1. The van der Waals surface area contributed by atoms with Crippen LogP contribution in [0.1, 0.15) is 42.4 Å². The second-order valence-corrected chi connectivity index (χ2v) is 7.77. The first kappa shape index (κ1) is 24.9. The van der Waals surface area contributed by atoms with Crippen LogP contribution in [0.2, 0.25) is 0 Å². The molecule has 0 radical (unpaired) electrons. The van der Waals surface area contributed by atoms with Gasteiger partial charge in [-0.25, -0.2) is 24.6 Å². The van der Waals surface area contributed by atoms with Crippen LogP contribution in [0, 0.1) is 6.92 Å². The normalized spacial score (nSPS) is 16.6. The van der Waals surface area contributed by atoms with Crippen molar-refractivity contribution in [2.45, 2.75) is 39.0 Å². The number of hydrazone groups is 1. The topological polar surface area (TPSA) is 100 Å². The number of likely N-dealkylation sites (N-methyl/N-ethyl adjacent to an activating group) is 1. The van der Waals surface area contributed by atoms with Crippen molar-refractivity contribution >= 4 is 17.8 Å². The zero-order valence-electron chi connectivity index (χ0n) is 19.1. The summed E-state index contributed by atoms with van der Waals surface area (Å²) in [7, 11) is 1.57. The predicted molar refractivity (Wildman–Crippen MR) is 117 cm³/mol. The maximum absolute atomic E-state index is 12.9. The summed E-state index contributed by atoms with van der Waals surface area (Å²) in [6.45, 7) is 5.49. The van der Waals surface area contributed by atoms with E-state index < -0.39 is 36.2 Å². The molecule has 3 amide bonds. The molecular formula is C22H25F3N6O3. The Balaban J connectivity index is 1.79. The third kappa shape index (κ3) is 5.61. The highest BCUT2D eigenvalue weighted by Crippen LogP contribution is 2.26. The number of rotatable bonds is 5. The van der Waals surface area contributed by atoms with E-state index in [1.807, 2.05) is 31.2 Å². The Hall–Kier alpha value is -3.70. The lowest BCUT2D eigenvalue weighted by Crippen LogP contribution is -2.46. The van der Waals surface area contributed by atoms with Gasteiger partial charge in [-0.05, 0) is 26.3 Å². The lowest BCUT2D eigenvalue weighted by atomic mass is 10.0. The minimum atomic E-state index is -4.65. The Morgan fingerprint density at radius 2 is 1.85 bits per heavy atom. The monoisotopic (exact) mass is 478 g/mol. The molecule has 9 nitrogen and oxygen atoms in total. The number of hydrogen-bond acceptors (Lipinski definition) is 6. The quantitative estimate of drug-likeness (QED) is 0.706. The molecule has 182 valence electrons. The molecule has 1 aliphatic heterocycles. The van der Waals surface area contributed by atoms with Crippen molar-refractivity contribution in [2.75, 3.05) is 20.2 Å². The highest BCUT2D eigenvalue weighted by atomic mass is 19.4. The number of carbonyl (C=O) groups excluding carboxylic acids is 2. The van der Waals surface area contributed by atoms with Gasteiger partial charge in [0.15, 0.2) is 0 Å². The molecule has 0 fully saturated rings. The molecule has 1 aromatic carbocycles. The third-order valence-electron chi connectivity index (χ3n) is 5.26. The predicted octanol–water partition coefficient (Wildman–Crippen LogP) is 3.75. The van der Waals surface area contributed by atoms with E-state index in [9.17, 15) is 22.8 Å². The van der Waals surface area contributed by atoms with Gasteiger partial charge in [0.1, 0.15) is 0 Å². The van der Waals surface area contributed by atoms with Crippen molar-refractivity contribution in [2.24, 2.45) is 5.10 Å². The van der Waals surface area contributed by atoms with Gasteiger partial charge in [0.2, 0.25) is 5.82 Å². The van der Waals surface area contributed by atoms with Gasteiger partial charge in [0.05, 0.1) is 30.9 Å². The minimum absolute atomic E-state index is 0.0700. The van der Waals surface area contributed by atoms with E-state index >= 15 is 0 Å². The fourth-order valence-corrected chi connectivity index (χ4v) is 3.30. The number of aryl methyl sites for hydroxylation is 1. The highest BCUT2D eigenvalue weighted by Gasteiger charge is 2.37. The molecule has 2 heterocycles. The Morgan fingerprint density at radius 1 is 1.24 bits per heavy atom. The zero-order chi connectivity index (χ0) is 25.0. The molecule has 34 heavy (non-hydrogen) atoms. The summed E-state index contributed by atoms with van der Waals surface area (Å²) in [5.41, 5.74) is 2.59. The number of nitrogens with one attached hydrogen (secondary N) is 1. The van der Waals surface area contributed by atoms with Gasteiger partial charge in [-0.2, -0.15) is 18.3 Å². The van der Waals surface area contributed by atoms with Gasteiger partial charge in [-0.15, -0.1) is 0 Å². The molecule has 1 aliphatic rings. The number of benzene rings is 1. The van der Waals surface area contributed by atoms with Crippen LogP contribution in [0.3, 0.4) is 0 Å². The van der Waals surface area contributed by atoms with Gasteiger partial charge in [0, 0.05) is 25.0 Å². The van der Waals surface area contributed by atoms with Crippen molar-refractivity contribution in [1.29, 1.82) is 0 Å². The molecule has 3 rings (SSSR count). The molecule has 0 saturated carbocycles. The summed E-state index contributed by atoms with van der Waals surface area (Å²) in [6.07, 6.45) is -3.17. The van der Waals surface area contributed by atoms with Crippen molar-refractivity contribution < 1.29 is 27.5 Å². The van der Waals surface area contributed by atoms with Crippen molar-refractivity contribution in [3.8, 4) is 0 Å². The Labute approximate surface area is 194 Å². The second-order valence-electron chi connectivity index (χ2n) is 7.77. The summed E-state index contributed by atoms with van der Waals surface area (Å²) in [4.78, 5) is 33.3. The van der Waals surface area contributed by atoms with Crippen molar-refractivity contribution in [1.82, 2.24) is 25.2 Å². The van der Waals surface area contributed by atoms with Gasteiger partial charge in [-0.1, -0.05) is 29.8 Å². The molecule has 12 heteroatoms. The fraction of sp³-hybridized carbons (Fsp3) is 0.409. The molecular weight excluding hydrogens is 453 g/mol. The van der Waals surface area contributed by atoms with Crippen LogP contribution in [-0.4, -0.2) is 64.0 Å². The van der Waals surface area contributed by atoms with Crippen LogP contribution in [0.15, 0.2) is 41.8 Å². The molecule has 1 unspecified atom stereocenters. The maximum Gasteiger partial charge on any atom is 0.451 e. The average molecular weight is 478 g/mol. The summed E-state index contributed by atoms with van der Waals surface area (Å²) in [5, 5.41) is 8.29. The molecule has 0 aliphatic carbocycles. The Morgan fingerprint density at radius 3 is 2.41 bits per heavy atom. The number of hydrogen-bond donors (Lipinski definition) is 1. The maximum atomic E-state index is 12.9. The van der Waals surface area contributed by atoms with Gasteiger partial charge >= 0.3 is 18.3 Å². The number of carbonyl (C=O) groups is 2. The summed E-state index contributed by atoms with van der Waals surface area (Å²) in [6, 6.07) is 5.67. The Bertz CT molecular complexity index is 1060. The van der Waals surface area contributed by atoms with E-state index in [0.717, 1.165) is 23.5 Å². The van der Waals surface area contributed by atoms with Crippen LogP contribution in [-0.2, 0) is 10.9 Å². The summed E-state index contributed by atoms with van der Waals surface area (Å²) >= 11 is 0. The third-order valence-corrected chi connectivity index (χ3v) is 5.26. The van der Waals surface area contributed by atoms with Crippen molar-refractivity contribution in [3.05, 3.63) is 59.2 Å². The first-order valence-electron chi connectivity index (χ1n) is 10.5. The van der Waals surface area contributed by atoms with Gasteiger partial charge in [-0.3, -0.25) is 0 Å². The average Bonchev–Trinajstić information content (AvgIpc) is 3.24. The molecule has 2 atom stereocenters. The van der Waals surface area contributed by atoms with E-state index in [0.29, 0.717) is 11.3 Å². The zero-order valence-corrected chi connectivity index (χ0v) is 19.1. The first-order chi connectivity index (χ1) is 16.0. The number of ether oxygens (including phenoxy) is 1. The molecule has 0 bridgehead atoms. The highest BCUT2D eigenvalue weighted by molar-refractivity contribution is 6.07. The smallest absolute Gasteiger partial charge is 0.450 e. The number of halogens is 3. The first-order valence-corrected chi connectivity index (χ1v) is 10.5. The Kier molecular flexibility index (Phi) is 7.38. The number of nitrogens with zero attached hydrogens (tertiary/aromatic N) is 5. The van der Waals surface area contributed by atoms with Crippen LogP contribution in [0.4, 0.5) is 22.8 Å². The number of alkyl halides is 3. The summed E-state index contributed by atoms with van der Waals surface area (Å²) in [5.74, 6) is -1.26. The van der Waals surface area contributed by atoms with E-state index in [1.165, 1.54) is 9.91 Å². The largest absolute Gasteiger partial charge is 0.451 e. The van der Waals surface area contributed by atoms with E-state index in [2.05, 4.69) is 20.4 Å².